The summed E-state index contributed by atoms with van der Waals surface area (Å²) in [6, 6.07) is 6.88. The monoisotopic (exact) mass is 423 g/mol. The first kappa shape index (κ1) is 20.7. The molecule has 6 heteroatoms. The molecule has 2 aliphatic heterocycles. The maximum Gasteiger partial charge on any atom is 0.222 e. The zero-order valence-electron chi connectivity index (χ0n) is 18.6. The van der Waals surface area contributed by atoms with Crippen molar-refractivity contribution in [1.82, 2.24) is 9.88 Å². The molecule has 1 aliphatic carbocycles. The van der Waals surface area contributed by atoms with E-state index in [9.17, 15) is 4.79 Å². The number of hydrogen-bond donors (Lipinski definition) is 0. The molecule has 0 bridgehead atoms. The minimum Gasteiger partial charge on any atom is -0.378 e. The highest BCUT2D eigenvalue weighted by Gasteiger charge is 2.25. The Balaban J connectivity index is 1.52. The molecule has 0 spiro atoms. The Morgan fingerprint density at radius 3 is 2.68 bits per heavy atom. The van der Waals surface area contributed by atoms with Crippen molar-refractivity contribution in [2.45, 2.75) is 58.1 Å². The van der Waals surface area contributed by atoms with Crippen LogP contribution in [0.3, 0.4) is 0 Å². The van der Waals surface area contributed by atoms with Crippen LogP contribution in [0.4, 0.5) is 5.82 Å². The van der Waals surface area contributed by atoms with Crippen LogP contribution in [0.25, 0.3) is 10.9 Å². The number of carbonyl (C=O) groups is 1. The number of ether oxygens (including phenoxy) is 2. The third-order valence-electron chi connectivity index (χ3n) is 6.86. The fourth-order valence-corrected chi connectivity index (χ4v) is 5.16. The summed E-state index contributed by atoms with van der Waals surface area (Å²) in [4.78, 5) is 22.3. The average molecular weight is 424 g/mol. The molecular weight excluding hydrogens is 390 g/mol. The Morgan fingerprint density at radius 1 is 1.13 bits per heavy atom. The summed E-state index contributed by atoms with van der Waals surface area (Å²) in [5.41, 5.74) is 5.10. The standard InChI is InChI=1S/C25H33N3O3/c1-2-24(29)28(17-22-7-4-10-31-22)16-21-14-20-13-18-5-3-6-19(18)15-23(20)26-25(21)27-8-11-30-12-9-27/h13-15,22H,2-12,16-17H2,1H3/t22-/m0/s1. The fourth-order valence-electron chi connectivity index (χ4n) is 5.16. The zero-order valence-corrected chi connectivity index (χ0v) is 18.6. The summed E-state index contributed by atoms with van der Waals surface area (Å²) < 4.78 is 11.4. The molecule has 1 aromatic heterocycles. The van der Waals surface area contributed by atoms with E-state index in [-0.39, 0.29) is 12.0 Å². The molecule has 0 radical (unpaired) electrons. The zero-order chi connectivity index (χ0) is 21.2. The number of nitrogens with zero attached hydrogens (tertiary/aromatic N) is 3. The van der Waals surface area contributed by atoms with Crippen molar-refractivity contribution in [3.05, 3.63) is 34.9 Å². The molecule has 2 fully saturated rings. The lowest BCUT2D eigenvalue weighted by Gasteiger charge is -2.32. The fraction of sp³-hybridized carbons (Fsp3) is 0.600. The number of aryl methyl sites for hydroxylation is 2. The molecule has 6 nitrogen and oxygen atoms in total. The predicted molar refractivity (Wildman–Crippen MR) is 121 cm³/mol. The van der Waals surface area contributed by atoms with Gasteiger partial charge in [-0.1, -0.05) is 6.92 Å². The van der Waals surface area contributed by atoms with Crippen LogP contribution in [-0.2, 0) is 33.7 Å². The average Bonchev–Trinajstić information content (AvgIpc) is 3.48. The van der Waals surface area contributed by atoms with E-state index in [2.05, 4.69) is 23.1 Å². The van der Waals surface area contributed by atoms with Gasteiger partial charge in [0.05, 0.1) is 24.8 Å². The van der Waals surface area contributed by atoms with Gasteiger partial charge >= 0.3 is 0 Å². The number of morpholine rings is 1. The molecule has 166 valence electrons. The molecule has 3 heterocycles. The Morgan fingerprint density at radius 2 is 1.94 bits per heavy atom. The van der Waals surface area contributed by atoms with Crippen molar-refractivity contribution in [2.75, 3.05) is 44.4 Å². The van der Waals surface area contributed by atoms with Gasteiger partial charge in [0.1, 0.15) is 5.82 Å². The summed E-state index contributed by atoms with van der Waals surface area (Å²) in [6.45, 7) is 7.11. The lowest BCUT2D eigenvalue weighted by molar-refractivity contribution is -0.133. The minimum absolute atomic E-state index is 0.152. The lowest BCUT2D eigenvalue weighted by Crippen LogP contribution is -2.39. The number of aromatic nitrogens is 1. The van der Waals surface area contributed by atoms with Gasteiger partial charge in [0, 0.05) is 50.2 Å². The predicted octanol–water partition coefficient (Wildman–Crippen LogP) is 3.48. The van der Waals surface area contributed by atoms with E-state index in [0.29, 0.717) is 19.5 Å². The van der Waals surface area contributed by atoms with Crippen LogP contribution < -0.4 is 4.90 Å². The number of pyridine rings is 1. The Kier molecular flexibility index (Phi) is 6.10. The van der Waals surface area contributed by atoms with Crippen molar-refractivity contribution in [3.8, 4) is 0 Å². The summed E-state index contributed by atoms with van der Waals surface area (Å²) in [6.07, 6.45) is 6.32. The number of anilines is 1. The molecule has 31 heavy (non-hydrogen) atoms. The van der Waals surface area contributed by atoms with E-state index < -0.39 is 0 Å². The molecule has 2 aromatic rings. The van der Waals surface area contributed by atoms with Crippen molar-refractivity contribution >= 4 is 22.6 Å². The van der Waals surface area contributed by atoms with Crippen LogP contribution in [-0.4, -0.2) is 61.3 Å². The number of carbonyl (C=O) groups excluding carboxylic acids is 1. The summed E-state index contributed by atoms with van der Waals surface area (Å²) in [7, 11) is 0. The van der Waals surface area contributed by atoms with E-state index in [4.69, 9.17) is 14.5 Å². The van der Waals surface area contributed by atoms with Crippen LogP contribution in [0.1, 0.15) is 49.3 Å². The molecule has 0 saturated carbocycles. The highest BCUT2D eigenvalue weighted by Crippen LogP contribution is 2.31. The maximum atomic E-state index is 12.8. The Hall–Kier alpha value is -2.18. The first-order chi connectivity index (χ1) is 15.2. The quantitative estimate of drug-likeness (QED) is 0.712. The molecule has 5 rings (SSSR count). The SMILES string of the molecule is CCC(=O)N(Cc1cc2cc3c(cc2nc1N1CCOCC1)CCC3)C[C@@H]1CCCO1. The topological polar surface area (TPSA) is 54.9 Å². The van der Waals surface area contributed by atoms with Crippen molar-refractivity contribution < 1.29 is 14.3 Å². The number of rotatable bonds is 6. The van der Waals surface area contributed by atoms with Crippen LogP contribution in [0, 0.1) is 0 Å². The van der Waals surface area contributed by atoms with Gasteiger partial charge in [-0.2, -0.15) is 0 Å². The van der Waals surface area contributed by atoms with Crippen LogP contribution in [0.2, 0.25) is 0 Å². The maximum absolute atomic E-state index is 12.8. The van der Waals surface area contributed by atoms with E-state index >= 15 is 0 Å². The molecule has 0 unspecified atom stereocenters. The Labute approximate surface area is 184 Å². The molecule has 1 atom stereocenters. The largest absolute Gasteiger partial charge is 0.378 e. The van der Waals surface area contributed by atoms with Crippen LogP contribution in [0.5, 0.6) is 0 Å². The second kappa shape index (κ2) is 9.13. The van der Waals surface area contributed by atoms with Crippen molar-refractivity contribution in [2.24, 2.45) is 0 Å². The molecule has 0 N–H and O–H groups in total. The van der Waals surface area contributed by atoms with Crippen molar-refractivity contribution in [1.29, 1.82) is 0 Å². The second-order valence-electron chi connectivity index (χ2n) is 9.00. The Bertz CT molecular complexity index is 949. The number of hydrogen-bond acceptors (Lipinski definition) is 5. The lowest BCUT2D eigenvalue weighted by atomic mass is 10.0. The van der Waals surface area contributed by atoms with Gasteiger partial charge < -0.3 is 19.3 Å². The first-order valence-electron chi connectivity index (χ1n) is 11.9. The number of fused-ring (bicyclic) bond motifs is 2. The highest BCUT2D eigenvalue weighted by molar-refractivity contribution is 5.84. The van der Waals surface area contributed by atoms with Gasteiger partial charge in [-0.3, -0.25) is 4.79 Å². The number of benzene rings is 1. The van der Waals surface area contributed by atoms with Gasteiger partial charge in [-0.25, -0.2) is 4.98 Å². The van der Waals surface area contributed by atoms with Gasteiger partial charge in [0.25, 0.3) is 0 Å². The first-order valence-corrected chi connectivity index (χ1v) is 11.9. The van der Waals surface area contributed by atoms with E-state index in [1.54, 1.807) is 0 Å². The molecule has 1 amide bonds. The summed E-state index contributed by atoms with van der Waals surface area (Å²) in [5, 5.41) is 1.19. The minimum atomic E-state index is 0.152. The van der Waals surface area contributed by atoms with Crippen LogP contribution >= 0.6 is 0 Å². The van der Waals surface area contributed by atoms with E-state index in [1.165, 1.54) is 22.9 Å². The number of amides is 1. The summed E-state index contributed by atoms with van der Waals surface area (Å²) >= 11 is 0. The van der Waals surface area contributed by atoms with Gasteiger partial charge in [-0.05, 0) is 61.4 Å². The molecule has 3 aliphatic rings. The second-order valence-corrected chi connectivity index (χ2v) is 9.00. The molecule has 1 aromatic carbocycles. The molecule has 2 saturated heterocycles. The smallest absolute Gasteiger partial charge is 0.222 e. The third kappa shape index (κ3) is 4.41. The van der Waals surface area contributed by atoms with Gasteiger partial charge in [0.15, 0.2) is 0 Å². The van der Waals surface area contributed by atoms with Crippen molar-refractivity contribution in [3.63, 3.8) is 0 Å². The highest BCUT2D eigenvalue weighted by atomic mass is 16.5. The van der Waals surface area contributed by atoms with E-state index in [1.807, 2.05) is 11.8 Å². The van der Waals surface area contributed by atoms with Gasteiger partial charge in [-0.15, -0.1) is 0 Å². The van der Waals surface area contributed by atoms with Gasteiger partial charge in [0.2, 0.25) is 5.91 Å². The molecular formula is C25H33N3O3. The van der Waals surface area contributed by atoms with E-state index in [0.717, 1.165) is 75.5 Å². The third-order valence-corrected chi connectivity index (χ3v) is 6.86. The van der Waals surface area contributed by atoms with Crippen LogP contribution in [0.15, 0.2) is 18.2 Å². The normalized spacial score (nSPS) is 20.9. The summed E-state index contributed by atoms with van der Waals surface area (Å²) in [5.74, 6) is 1.19.